The van der Waals surface area contributed by atoms with E-state index in [4.69, 9.17) is 19.4 Å². The fourth-order valence-electron chi connectivity index (χ4n) is 4.91. The molecule has 4 N–H and O–H groups in total. The second-order valence-corrected chi connectivity index (χ2v) is 11.1. The van der Waals surface area contributed by atoms with E-state index in [1.807, 2.05) is 0 Å². The molecule has 4 aromatic rings. The maximum Gasteiger partial charge on any atom is 0.243 e. The zero-order valence-corrected chi connectivity index (χ0v) is 25.6. The molecule has 0 unspecified atom stereocenters. The summed E-state index contributed by atoms with van der Waals surface area (Å²) in [5.74, 6) is -1.75. The molecule has 246 valence electrons. The Morgan fingerprint density at radius 3 is 2.23 bits per heavy atom. The minimum atomic E-state index is -1.30. The molecule has 1 aliphatic rings. The number of halogens is 2. The van der Waals surface area contributed by atoms with Crippen LogP contribution in [-0.4, -0.2) is 41.6 Å². The van der Waals surface area contributed by atoms with Crippen molar-refractivity contribution < 1.29 is 42.6 Å². The first-order valence-corrected chi connectivity index (χ1v) is 15.1. The Morgan fingerprint density at radius 1 is 0.851 bits per heavy atom. The number of anilines is 2. The van der Waals surface area contributed by atoms with E-state index in [-0.39, 0.29) is 29.5 Å². The molecular formula is C34H34F2N4O7. The highest BCUT2D eigenvalue weighted by atomic mass is 19.1. The van der Waals surface area contributed by atoms with E-state index in [0.717, 1.165) is 18.9 Å². The smallest absolute Gasteiger partial charge is 0.243 e. The van der Waals surface area contributed by atoms with E-state index in [2.05, 4.69) is 15.6 Å². The van der Waals surface area contributed by atoms with Crippen LogP contribution in [0.25, 0.3) is 10.9 Å². The van der Waals surface area contributed by atoms with Gasteiger partial charge in [-0.25, -0.2) is 19.2 Å². The molecule has 47 heavy (non-hydrogen) atoms. The van der Waals surface area contributed by atoms with Gasteiger partial charge in [-0.05, 0) is 80.3 Å². The first-order chi connectivity index (χ1) is 22.7. The summed E-state index contributed by atoms with van der Waals surface area (Å²) >= 11 is 0. The summed E-state index contributed by atoms with van der Waals surface area (Å²) in [7, 11) is 1.52. The van der Waals surface area contributed by atoms with Crippen LogP contribution >= 0.6 is 0 Å². The highest BCUT2D eigenvalue weighted by molar-refractivity contribution is 6.16. The van der Waals surface area contributed by atoms with Gasteiger partial charge >= 0.3 is 0 Å². The van der Waals surface area contributed by atoms with Crippen LogP contribution in [0.5, 0.6) is 23.1 Å². The molecule has 1 aliphatic carbocycles. The van der Waals surface area contributed by atoms with Crippen molar-refractivity contribution in [2.24, 2.45) is 5.41 Å². The van der Waals surface area contributed by atoms with Crippen LogP contribution in [-0.2, 0) is 14.4 Å². The molecule has 11 nitrogen and oxygen atoms in total. The number of rotatable bonds is 15. The number of hydrogen-bond acceptors (Lipinski definition) is 8. The number of pyridine rings is 1. The molecule has 0 atom stereocenters. The second kappa shape index (κ2) is 14.9. The monoisotopic (exact) mass is 648 g/mol. The van der Waals surface area contributed by atoms with Gasteiger partial charge in [-0.15, -0.1) is 0 Å². The number of ether oxygens (including phenoxy) is 3. The number of methoxy groups -OCH3 is 1. The average Bonchev–Trinajstić information content (AvgIpc) is 3.89. The van der Waals surface area contributed by atoms with E-state index < -0.39 is 34.8 Å². The Labute approximate surface area is 269 Å². The predicted molar refractivity (Wildman–Crippen MR) is 169 cm³/mol. The van der Waals surface area contributed by atoms with Gasteiger partial charge in [-0.3, -0.25) is 19.6 Å². The van der Waals surface area contributed by atoms with Crippen molar-refractivity contribution in [3.63, 3.8) is 0 Å². The molecule has 0 saturated heterocycles. The zero-order chi connectivity index (χ0) is 33.4. The number of hydroxylamine groups is 1. The molecule has 0 aliphatic heterocycles. The normalized spacial score (nSPS) is 13.0. The van der Waals surface area contributed by atoms with Crippen LogP contribution in [0.4, 0.5) is 20.2 Å². The first-order valence-electron chi connectivity index (χ1n) is 15.1. The van der Waals surface area contributed by atoms with Gasteiger partial charge in [0.2, 0.25) is 23.6 Å². The third kappa shape index (κ3) is 8.30. The summed E-state index contributed by atoms with van der Waals surface area (Å²) in [6.45, 7) is 0.354. The van der Waals surface area contributed by atoms with Gasteiger partial charge in [0.1, 0.15) is 22.7 Å². The Morgan fingerprint density at radius 2 is 1.55 bits per heavy atom. The topological polar surface area (TPSA) is 148 Å². The van der Waals surface area contributed by atoms with Crippen molar-refractivity contribution >= 4 is 40.0 Å². The molecular weight excluding hydrogens is 614 g/mol. The fraction of sp³-hybridized carbons (Fsp3) is 0.294. The van der Waals surface area contributed by atoms with Gasteiger partial charge < -0.3 is 24.8 Å². The van der Waals surface area contributed by atoms with Crippen molar-refractivity contribution in [1.29, 1.82) is 0 Å². The standard InChI is InChI=1S/C34H34F2N4O7/c1-45-24-12-13-27-25(19-24)29(20-31(39-27)46-17-5-3-2-4-6-30(41)40-44)47-28-14-11-23(18-26(28)36)38-33(43)34(15-16-34)32(42)37-22-9-7-21(35)8-10-22/h7-14,18-20,44H,2-6,15-17H2,1H3,(H,37,42)(H,38,43)(H,40,41). The van der Waals surface area contributed by atoms with Crippen molar-refractivity contribution in [2.45, 2.75) is 44.9 Å². The molecule has 0 radical (unpaired) electrons. The minimum absolute atomic E-state index is 0.119. The Hall–Kier alpha value is -5.30. The lowest BCUT2D eigenvalue weighted by molar-refractivity contribution is -0.131. The molecule has 1 aromatic heterocycles. The van der Waals surface area contributed by atoms with Gasteiger partial charge in [0, 0.05) is 35.3 Å². The van der Waals surface area contributed by atoms with Crippen LogP contribution in [0.2, 0.25) is 0 Å². The van der Waals surface area contributed by atoms with Crippen LogP contribution < -0.4 is 30.3 Å². The highest BCUT2D eigenvalue weighted by Gasteiger charge is 2.56. The minimum Gasteiger partial charge on any atom is -0.497 e. The third-order valence-electron chi connectivity index (χ3n) is 7.76. The number of hydrogen-bond donors (Lipinski definition) is 4. The van der Waals surface area contributed by atoms with Gasteiger partial charge in [0.25, 0.3) is 0 Å². The molecule has 1 heterocycles. The van der Waals surface area contributed by atoms with Crippen molar-refractivity contribution in [2.75, 3.05) is 24.4 Å². The summed E-state index contributed by atoms with van der Waals surface area (Å²) < 4.78 is 45.8. The quantitative estimate of drug-likeness (QED) is 0.0494. The number of fused-ring (bicyclic) bond motifs is 1. The molecule has 0 bridgehead atoms. The van der Waals surface area contributed by atoms with Crippen LogP contribution in [0, 0.1) is 17.0 Å². The lowest BCUT2D eigenvalue weighted by atomic mass is 10.0. The molecule has 0 spiro atoms. The molecule has 1 fully saturated rings. The van der Waals surface area contributed by atoms with E-state index in [1.54, 1.807) is 29.7 Å². The number of carbonyl (C=O) groups excluding carboxylic acids is 3. The van der Waals surface area contributed by atoms with Crippen molar-refractivity contribution in [1.82, 2.24) is 10.5 Å². The van der Waals surface area contributed by atoms with E-state index in [1.165, 1.54) is 43.5 Å². The molecule has 5 rings (SSSR count). The largest absolute Gasteiger partial charge is 0.497 e. The summed E-state index contributed by atoms with van der Waals surface area (Å²) in [4.78, 5) is 41.6. The maximum absolute atomic E-state index is 15.3. The number of benzene rings is 3. The zero-order valence-electron chi connectivity index (χ0n) is 25.6. The van der Waals surface area contributed by atoms with Crippen LogP contribution in [0.15, 0.2) is 66.7 Å². The number of nitrogens with zero attached hydrogens (tertiary/aromatic N) is 1. The van der Waals surface area contributed by atoms with Crippen molar-refractivity contribution in [3.8, 4) is 23.1 Å². The number of nitrogens with one attached hydrogen (secondary N) is 3. The lowest BCUT2D eigenvalue weighted by Gasteiger charge is -2.16. The molecule has 13 heteroatoms. The van der Waals surface area contributed by atoms with Gasteiger partial charge in [-0.2, -0.15) is 0 Å². The highest BCUT2D eigenvalue weighted by Crippen LogP contribution is 2.47. The number of amides is 3. The van der Waals surface area contributed by atoms with Gasteiger partial charge in [-0.1, -0.05) is 12.8 Å². The fourth-order valence-corrected chi connectivity index (χ4v) is 4.91. The Bertz CT molecular complexity index is 1760. The van der Waals surface area contributed by atoms with Crippen molar-refractivity contribution in [3.05, 3.63) is 78.4 Å². The second-order valence-electron chi connectivity index (χ2n) is 11.1. The molecule has 3 amide bonds. The Balaban J connectivity index is 1.25. The summed E-state index contributed by atoms with van der Waals surface area (Å²) in [5.41, 5.74) is 1.34. The van der Waals surface area contributed by atoms with Crippen LogP contribution in [0.1, 0.15) is 44.9 Å². The lowest BCUT2D eigenvalue weighted by Crippen LogP contribution is -2.35. The Kier molecular flexibility index (Phi) is 10.5. The molecule has 1 saturated carbocycles. The first kappa shape index (κ1) is 33.1. The number of aromatic nitrogens is 1. The average molecular weight is 649 g/mol. The third-order valence-corrected chi connectivity index (χ3v) is 7.76. The van der Waals surface area contributed by atoms with E-state index in [9.17, 15) is 18.8 Å². The van der Waals surface area contributed by atoms with Crippen LogP contribution in [0.3, 0.4) is 0 Å². The predicted octanol–water partition coefficient (Wildman–Crippen LogP) is 6.51. The summed E-state index contributed by atoms with van der Waals surface area (Å²) in [5, 5.41) is 14.4. The van der Waals surface area contributed by atoms with E-state index in [0.29, 0.717) is 54.6 Å². The molecule has 3 aromatic carbocycles. The summed E-state index contributed by atoms with van der Waals surface area (Å²) in [6.07, 6.45) is 3.83. The number of carbonyl (C=O) groups is 3. The van der Waals surface area contributed by atoms with Gasteiger partial charge in [0.15, 0.2) is 11.6 Å². The van der Waals surface area contributed by atoms with E-state index >= 15 is 4.39 Å². The SMILES string of the molecule is COc1ccc2nc(OCCCCCCC(=O)NO)cc(Oc3ccc(NC(=O)C4(C(=O)Nc5ccc(F)cc5)CC4)cc3F)c2c1. The summed E-state index contributed by atoms with van der Waals surface area (Å²) in [6, 6.07) is 15.9. The maximum atomic E-state index is 15.3. The van der Waals surface area contributed by atoms with Gasteiger partial charge in [0.05, 0.1) is 19.2 Å². The number of unbranched alkanes of at least 4 members (excludes halogenated alkanes) is 3.